The van der Waals surface area contributed by atoms with Gasteiger partial charge in [-0.1, -0.05) is 0 Å². The van der Waals surface area contributed by atoms with E-state index in [1.807, 2.05) is 20.8 Å². The lowest BCUT2D eigenvalue weighted by Gasteiger charge is -2.33. The highest BCUT2D eigenvalue weighted by molar-refractivity contribution is 5.94. The zero-order chi connectivity index (χ0) is 18.3. The fraction of sp³-hybridized carbons (Fsp3) is 0.684. The summed E-state index contributed by atoms with van der Waals surface area (Å²) in [5, 5.41) is 0. The highest BCUT2D eigenvalue weighted by atomic mass is 16.6. The second-order valence-electron chi connectivity index (χ2n) is 7.51. The highest BCUT2D eigenvalue weighted by Crippen LogP contribution is 2.23. The minimum Gasteiger partial charge on any atom is -0.461 e. The summed E-state index contributed by atoms with van der Waals surface area (Å²) < 4.78 is 15.9. The highest BCUT2D eigenvalue weighted by Gasteiger charge is 2.26. The van der Waals surface area contributed by atoms with Crippen LogP contribution >= 0.6 is 0 Å². The zero-order valence-electron chi connectivity index (χ0n) is 15.5. The van der Waals surface area contributed by atoms with Crippen LogP contribution in [0.3, 0.4) is 0 Å². The molecule has 6 heteroatoms. The Balaban J connectivity index is 1.55. The summed E-state index contributed by atoms with van der Waals surface area (Å²) >= 11 is 0. The van der Waals surface area contributed by atoms with Crippen molar-refractivity contribution in [3.8, 4) is 0 Å². The van der Waals surface area contributed by atoms with Gasteiger partial charge in [0.2, 0.25) is 5.78 Å². The largest absolute Gasteiger partial charge is 0.461 e. The molecule has 0 atom stereocenters. The fourth-order valence-corrected chi connectivity index (χ4v) is 2.88. The average Bonchev–Trinajstić information content (AvgIpc) is 3.08. The molecule has 140 valence electrons. The van der Waals surface area contributed by atoms with Crippen LogP contribution in [-0.2, 0) is 9.47 Å². The zero-order valence-corrected chi connectivity index (χ0v) is 15.5. The first-order valence-corrected chi connectivity index (χ1v) is 8.97. The predicted octanol–water partition coefficient (Wildman–Crippen LogP) is 3.91. The Morgan fingerprint density at radius 2 is 2.00 bits per heavy atom. The van der Waals surface area contributed by atoms with Crippen molar-refractivity contribution < 1.29 is 23.5 Å². The van der Waals surface area contributed by atoms with Crippen molar-refractivity contribution in [2.45, 2.75) is 52.1 Å². The number of nitrogens with zero attached hydrogens (tertiary/aromatic N) is 1. The molecule has 1 saturated heterocycles. The second-order valence-corrected chi connectivity index (χ2v) is 7.51. The maximum absolute atomic E-state index is 12.0. The van der Waals surface area contributed by atoms with Gasteiger partial charge in [-0.15, -0.1) is 0 Å². The number of ether oxygens (including phenoxy) is 2. The van der Waals surface area contributed by atoms with E-state index in [2.05, 4.69) is 0 Å². The van der Waals surface area contributed by atoms with E-state index in [0.29, 0.717) is 18.3 Å². The molecule has 0 saturated carbocycles. The monoisotopic (exact) mass is 351 g/mol. The Kier molecular flexibility index (Phi) is 7.05. The molecule has 6 nitrogen and oxygen atoms in total. The lowest BCUT2D eigenvalue weighted by Crippen LogP contribution is -2.41. The normalized spacial score (nSPS) is 16.0. The number of piperidine rings is 1. The first kappa shape index (κ1) is 19.5. The fourth-order valence-electron chi connectivity index (χ4n) is 2.88. The molecule has 1 aliphatic rings. The van der Waals surface area contributed by atoms with Crippen molar-refractivity contribution >= 4 is 11.9 Å². The maximum atomic E-state index is 12.0. The molecule has 2 rings (SSSR count). The van der Waals surface area contributed by atoms with Crippen LogP contribution in [0, 0.1) is 5.92 Å². The summed E-state index contributed by atoms with van der Waals surface area (Å²) in [4.78, 5) is 25.5. The van der Waals surface area contributed by atoms with Crippen molar-refractivity contribution in [1.82, 2.24) is 4.90 Å². The number of hydrogen-bond acceptors (Lipinski definition) is 5. The van der Waals surface area contributed by atoms with E-state index in [0.717, 1.165) is 38.8 Å². The second kappa shape index (κ2) is 9.04. The summed E-state index contributed by atoms with van der Waals surface area (Å²) in [6.45, 7) is 7.77. The summed E-state index contributed by atoms with van der Waals surface area (Å²) in [6.07, 6.45) is 5.22. The summed E-state index contributed by atoms with van der Waals surface area (Å²) in [5.74, 6) is 0.813. The quantitative estimate of drug-likeness (QED) is 0.550. The molecular formula is C19H29NO5. The van der Waals surface area contributed by atoms with Crippen LogP contribution in [0.1, 0.15) is 57.0 Å². The average molecular weight is 351 g/mol. The van der Waals surface area contributed by atoms with E-state index < -0.39 is 5.60 Å². The van der Waals surface area contributed by atoms with Crippen LogP contribution < -0.4 is 0 Å². The van der Waals surface area contributed by atoms with Crippen molar-refractivity contribution in [2.75, 3.05) is 26.3 Å². The molecule has 1 aromatic rings. The number of furan rings is 1. The number of rotatable bonds is 7. The van der Waals surface area contributed by atoms with E-state index in [1.54, 1.807) is 17.0 Å². The first-order valence-electron chi connectivity index (χ1n) is 8.97. The number of amides is 1. The van der Waals surface area contributed by atoms with Crippen molar-refractivity contribution in [1.29, 1.82) is 0 Å². The van der Waals surface area contributed by atoms with Gasteiger partial charge in [-0.25, -0.2) is 4.79 Å². The van der Waals surface area contributed by atoms with E-state index in [1.165, 1.54) is 6.26 Å². The van der Waals surface area contributed by atoms with Gasteiger partial charge in [0.15, 0.2) is 5.76 Å². The van der Waals surface area contributed by atoms with Gasteiger partial charge >= 0.3 is 6.09 Å². The number of ketones is 1. The van der Waals surface area contributed by atoms with E-state index in [4.69, 9.17) is 13.9 Å². The van der Waals surface area contributed by atoms with E-state index >= 15 is 0 Å². The third-order valence-corrected chi connectivity index (χ3v) is 4.20. The van der Waals surface area contributed by atoms with Gasteiger partial charge in [0, 0.05) is 19.7 Å². The van der Waals surface area contributed by atoms with Gasteiger partial charge in [0.05, 0.1) is 6.26 Å². The summed E-state index contributed by atoms with van der Waals surface area (Å²) in [7, 11) is 0. The predicted molar refractivity (Wildman–Crippen MR) is 93.6 cm³/mol. The number of carbonyl (C=O) groups excluding carboxylic acids is 2. The van der Waals surface area contributed by atoms with Gasteiger partial charge < -0.3 is 18.8 Å². The van der Waals surface area contributed by atoms with E-state index in [9.17, 15) is 9.59 Å². The van der Waals surface area contributed by atoms with Crippen molar-refractivity contribution in [2.24, 2.45) is 5.92 Å². The Hall–Kier alpha value is -1.82. The Labute approximate surface area is 149 Å². The standard InChI is InChI=1S/C19H29NO5/c1-19(2,3)25-18(22)20-10-8-15(9-11-20)6-4-12-23-14-16(21)17-7-5-13-24-17/h5,7,13,15H,4,6,8-12,14H2,1-3H3. The van der Waals surface area contributed by atoms with Gasteiger partial charge in [-0.05, 0) is 64.5 Å². The minimum atomic E-state index is -0.446. The molecule has 0 radical (unpaired) electrons. The first-order chi connectivity index (χ1) is 11.8. The molecule has 1 aromatic heterocycles. The lowest BCUT2D eigenvalue weighted by molar-refractivity contribution is 0.0177. The third-order valence-electron chi connectivity index (χ3n) is 4.20. The van der Waals surface area contributed by atoms with Crippen LogP contribution in [0.4, 0.5) is 4.79 Å². The molecule has 0 aliphatic carbocycles. The van der Waals surface area contributed by atoms with Gasteiger partial charge in [0.25, 0.3) is 0 Å². The maximum Gasteiger partial charge on any atom is 0.410 e. The molecule has 1 amide bonds. The minimum absolute atomic E-state index is 0.0601. The third kappa shape index (κ3) is 6.90. The van der Waals surface area contributed by atoms with Crippen molar-refractivity contribution in [3.05, 3.63) is 24.2 Å². The van der Waals surface area contributed by atoms with Gasteiger partial charge in [0.1, 0.15) is 12.2 Å². The smallest absolute Gasteiger partial charge is 0.410 e. The van der Waals surface area contributed by atoms with Crippen LogP contribution in [0.25, 0.3) is 0 Å². The topological polar surface area (TPSA) is 69.0 Å². The molecule has 0 N–H and O–H groups in total. The van der Waals surface area contributed by atoms with Gasteiger partial charge in [-0.2, -0.15) is 0 Å². The number of Topliss-reactive ketones (excluding diaryl/α,β-unsaturated/α-hetero) is 1. The summed E-state index contributed by atoms with van der Waals surface area (Å²) in [5.41, 5.74) is -0.446. The van der Waals surface area contributed by atoms with Gasteiger partial charge in [-0.3, -0.25) is 4.79 Å². The molecule has 0 spiro atoms. The molecule has 0 aromatic carbocycles. The Morgan fingerprint density at radius 3 is 2.60 bits per heavy atom. The molecule has 1 aliphatic heterocycles. The Bertz CT molecular complexity index is 539. The number of likely N-dealkylation sites (tertiary alicyclic amines) is 1. The Morgan fingerprint density at radius 1 is 1.28 bits per heavy atom. The molecule has 1 fully saturated rings. The molecule has 25 heavy (non-hydrogen) atoms. The molecule has 0 bridgehead atoms. The van der Waals surface area contributed by atoms with Crippen LogP contribution in [0.5, 0.6) is 0 Å². The van der Waals surface area contributed by atoms with Crippen LogP contribution in [0.15, 0.2) is 22.8 Å². The number of carbonyl (C=O) groups is 2. The van der Waals surface area contributed by atoms with Crippen LogP contribution in [-0.4, -0.2) is 48.7 Å². The number of hydrogen-bond donors (Lipinski definition) is 0. The van der Waals surface area contributed by atoms with Crippen molar-refractivity contribution in [3.63, 3.8) is 0 Å². The molecule has 2 heterocycles. The molecule has 0 unspecified atom stereocenters. The SMILES string of the molecule is CC(C)(C)OC(=O)N1CCC(CCCOCC(=O)c2ccco2)CC1. The molecular weight excluding hydrogens is 322 g/mol. The summed E-state index contributed by atoms with van der Waals surface area (Å²) in [6, 6.07) is 3.33. The lowest BCUT2D eigenvalue weighted by atomic mass is 9.92. The van der Waals surface area contributed by atoms with E-state index in [-0.39, 0.29) is 18.5 Å². The van der Waals surface area contributed by atoms with Crippen LogP contribution in [0.2, 0.25) is 0 Å².